The Hall–Kier alpha value is -8.78. The van der Waals surface area contributed by atoms with Gasteiger partial charge in [-0.1, -0.05) is 212 Å². The second kappa shape index (κ2) is 15.1. The Labute approximate surface area is 395 Å². The molecule has 2 aliphatic rings. The van der Waals surface area contributed by atoms with E-state index in [1.807, 2.05) is 12.1 Å². The van der Waals surface area contributed by atoms with Crippen LogP contribution in [-0.2, 0) is 5.41 Å². The van der Waals surface area contributed by atoms with Crippen molar-refractivity contribution < 1.29 is 4.42 Å². The second-order valence-corrected chi connectivity index (χ2v) is 18.3. The van der Waals surface area contributed by atoms with E-state index in [0.717, 1.165) is 21.9 Å². The van der Waals surface area contributed by atoms with Crippen molar-refractivity contribution >= 4 is 21.9 Å². The molecule has 1 heteroatoms. The van der Waals surface area contributed by atoms with Crippen molar-refractivity contribution in [2.45, 2.75) is 5.41 Å². The van der Waals surface area contributed by atoms with Gasteiger partial charge >= 0.3 is 0 Å². The molecule has 2 aliphatic carbocycles. The van der Waals surface area contributed by atoms with Crippen molar-refractivity contribution in [3.05, 3.63) is 277 Å². The van der Waals surface area contributed by atoms with Gasteiger partial charge in [-0.05, 0) is 154 Å². The van der Waals surface area contributed by atoms with Crippen LogP contribution >= 0.6 is 0 Å². The number of rotatable bonds is 6. The molecule has 0 N–H and O–H groups in total. The van der Waals surface area contributed by atoms with Crippen LogP contribution < -0.4 is 0 Å². The van der Waals surface area contributed by atoms with E-state index >= 15 is 0 Å². The highest BCUT2D eigenvalue weighted by atomic mass is 16.3. The third-order valence-electron chi connectivity index (χ3n) is 14.7. The summed E-state index contributed by atoms with van der Waals surface area (Å²) in [6.45, 7) is 0. The summed E-state index contributed by atoms with van der Waals surface area (Å²) in [6.07, 6.45) is 0. The lowest BCUT2D eigenvalue weighted by molar-refractivity contribution is 0.669. The summed E-state index contributed by atoms with van der Waals surface area (Å²) in [5.41, 5.74) is 26.5. The Morgan fingerprint density at radius 2 is 0.574 bits per heavy atom. The first-order valence-corrected chi connectivity index (χ1v) is 23.6. The van der Waals surface area contributed by atoms with Crippen LogP contribution in [0.25, 0.3) is 111 Å². The van der Waals surface area contributed by atoms with Crippen molar-refractivity contribution in [3.63, 3.8) is 0 Å². The first kappa shape index (κ1) is 38.5. The van der Waals surface area contributed by atoms with Gasteiger partial charge in [-0.25, -0.2) is 0 Å². The number of fused-ring (bicyclic) bond motifs is 13. The van der Waals surface area contributed by atoms with Gasteiger partial charge in [0, 0.05) is 10.8 Å². The lowest BCUT2D eigenvalue weighted by Crippen LogP contribution is -2.25. The zero-order valence-electron chi connectivity index (χ0n) is 37.2. The molecule has 14 rings (SSSR count). The van der Waals surface area contributed by atoms with Gasteiger partial charge in [0.15, 0.2) is 0 Å². The van der Waals surface area contributed by atoms with E-state index in [-0.39, 0.29) is 5.41 Å². The lowest BCUT2D eigenvalue weighted by Gasteiger charge is -2.30. The molecule has 0 unspecified atom stereocenters. The summed E-state index contributed by atoms with van der Waals surface area (Å²) >= 11 is 0. The molecule has 0 bridgehead atoms. The van der Waals surface area contributed by atoms with Crippen LogP contribution in [0, 0.1) is 0 Å². The van der Waals surface area contributed by atoms with Crippen LogP contribution in [0.2, 0.25) is 0 Å². The summed E-state index contributed by atoms with van der Waals surface area (Å²) in [5.74, 6) is 0. The van der Waals surface area contributed by atoms with Gasteiger partial charge in [-0.2, -0.15) is 0 Å². The van der Waals surface area contributed by atoms with Crippen LogP contribution in [0.1, 0.15) is 22.3 Å². The summed E-state index contributed by atoms with van der Waals surface area (Å²) in [7, 11) is 0. The van der Waals surface area contributed by atoms with Crippen LogP contribution in [0.5, 0.6) is 0 Å². The second-order valence-electron chi connectivity index (χ2n) is 18.3. The van der Waals surface area contributed by atoms with Gasteiger partial charge in [-0.3, -0.25) is 0 Å². The quantitative estimate of drug-likeness (QED) is 0.162. The monoisotopic (exact) mass is 862 g/mol. The number of furan rings is 1. The summed E-state index contributed by atoms with van der Waals surface area (Å²) in [5, 5.41) is 2.30. The highest BCUT2D eigenvalue weighted by Gasteiger charge is 2.51. The van der Waals surface area contributed by atoms with Crippen molar-refractivity contribution in [1.29, 1.82) is 0 Å². The Bertz CT molecular complexity index is 3950. The molecular formula is C67H42O. The zero-order valence-corrected chi connectivity index (χ0v) is 37.2. The molecule has 0 saturated heterocycles. The number of benzene rings is 11. The molecule has 1 nitrogen and oxygen atoms in total. The van der Waals surface area contributed by atoms with Crippen molar-refractivity contribution in [1.82, 2.24) is 0 Å². The standard InChI is InChI=1S/C67H42O/c1-5-32-59-55(26-1)56-27-2-6-33-60(56)67(59)61-34-7-3-28-57(61)65-53(30-14-35-62(65)67)51-24-12-22-49(41-51)47-20-10-18-45(39-47)43-16-9-17-44(38-43)46-19-11-21-48(40-46)50-23-13-25-52(42-50)54-31-15-37-64-66(54)58-29-4-8-36-63(58)68-64/h1-42H. The van der Waals surface area contributed by atoms with Crippen LogP contribution in [0.15, 0.2) is 259 Å². The molecular weight excluding hydrogens is 821 g/mol. The van der Waals surface area contributed by atoms with Crippen LogP contribution in [0.4, 0.5) is 0 Å². The normalized spacial score (nSPS) is 12.8. The Morgan fingerprint density at radius 3 is 1.12 bits per heavy atom. The van der Waals surface area contributed by atoms with Gasteiger partial charge in [0.1, 0.15) is 11.2 Å². The van der Waals surface area contributed by atoms with E-state index < -0.39 is 0 Å². The molecule has 0 amide bonds. The number of hydrogen-bond acceptors (Lipinski definition) is 1. The first-order chi connectivity index (χ1) is 33.7. The molecule has 1 heterocycles. The maximum absolute atomic E-state index is 6.24. The minimum absolute atomic E-state index is 0.366. The molecule has 12 aromatic rings. The average molecular weight is 863 g/mol. The van der Waals surface area contributed by atoms with Gasteiger partial charge in [-0.15, -0.1) is 0 Å². The van der Waals surface area contributed by atoms with Gasteiger partial charge in [0.2, 0.25) is 0 Å². The van der Waals surface area contributed by atoms with Gasteiger partial charge in [0.05, 0.1) is 5.41 Å². The maximum Gasteiger partial charge on any atom is 0.136 e. The largest absolute Gasteiger partial charge is 0.456 e. The molecule has 11 aromatic carbocycles. The third kappa shape index (κ3) is 5.76. The fraction of sp³-hybridized carbons (Fsp3) is 0.0149. The Balaban J connectivity index is 0.802. The molecule has 0 saturated carbocycles. The predicted octanol–water partition coefficient (Wildman–Crippen LogP) is 17.9. The van der Waals surface area contributed by atoms with Crippen LogP contribution in [-0.4, -0.2) is 0 Å². The molecule has 316 valence electrons. The molecule has 0 aliphatic heterocycles. The molecule has 1 aromatic heterocycles. The van der Waals surface area contributed by atoms with Crippen molar-refractivity contribution in [2.75, 3.05) is 0 Å². The third-order valence-corrected chi connectivity index (χ3v) is 14.7. The number of hydrogen-bond donors (Lipinski definition) is 0. The number of para-hydroxylation sites is 1. The van der Waals surface area contributed by atoms with E-state index in [4.69, 9.17) is 4.42 Å². The lowest BCUT2D eigenvalue weighted by atomic mass is 9.70. The fourth-order valence-corrected chi connectivity index (χ4v) is 11.8. The zero-order chi connectivity index (χ0) is 44.8. The highest BCUT2D eigenvalue weighted by molar-refractivity contribution is 6.12. The minimum Gasteiger partial charge on any atom is -0.456 e. The summed E-state index contributed by atoms with van der Waals surface area (Å²) < 4.78 is 6.24. The smallest absolute Gasteiger partial charge is 0.136 e. The minimum atomic E-state index is -0.366. The van der Waals surface area contributed by atoms with E-state index in [1.165, 1.54) is 111 Å². The maximum atomic E-state index is 6.24. The molecule has 0 atom stereocenters. The molecule has 1 spiro atoms. The van der Waals surface area contributed by atoms with E-state index in [1.54, 1.807) is 0 Å². The van der Waals surface area contributed by atoms with E-state index in [9.17, 15) is 0 Å². The first-order valence-electron chi connectivity index (χ1n) is 23.6. The molecule has 0 fully saturated rings. The van der Waals surface area contributed by atoms with Gasteiger partial charge in [0.25, 0.3) is 0 Å². The average Bonchev–Trinajstić information content (AvgIpc) is 4.06. The van der Waals surface area contributed by atoms with Crippen molar-refractivity contribution in [2.24, 2.45) is 0 Å². The highest BCUT2D eigenvalue weighted by Crippen LogP contribution is 2.64. The Morgan fingerprint density at radius 1 is 0.235 bits per heavy atom. The van der Waals surface area contributed by atoms with Crippen molar-refractivity contribution in [3.8, 4) is 89.0 Å². The summed E-state index contributed by atoms with van der Waals surface area (Å²) in [4.78, 5) is 0. The van der Waals surface area contributed by atoms with Gasteiger partial charge < -0.3 is 4.42 Å². The summed E-state index contributed by atoms with van der Waals surface area (Å²) in [6, 6.07) is 93.7. The fourth-order valence-electron chi connectivity index (χ4n) is 11.8. The van der Waals surface area contributed by atoms with E-state index in [0.29, 0.717) is 0 Å². The predicted molar refractivity (Wildman–Crippen MR) is 283 cm³/mol. The molecule has 0 radical (unpaired) electrons. The Kier molecular flexibility index (Phi) is 8.57. The van der Waals surface area contributed by atoms with E-state index in [2.05, 4.69) is 243 Å². The molecule has 68 heavy (non-hydrogen) atoms. The topological polar surface area (TPSA) is 13.1 Å². The van der Waals surface area contributed by atoms with Crippen LogP contribution in [0.3, 0.4) is 0 Å². The SMILES string of the molecule is c1cc(-c2cccc(-c3cccc(-c4cccc5c4-c4ccccc4C54c5ccccc5-c5ccccc54)c3)c2)cc(-c2cccc(-c3cccc(-c4cccc5oc6ccccc6c45)c3)c2)c1.